The van der Waals surface area contributed by atoms with Gasteiger partial charge in [0.1, 0.15) is 6.07 Å². The summed E-state index contributed by atoms with van der Waals surface area (Å²) >= 11 is 0. The minimum atomic E-state index is -0.553. The van der Waals surface area contributed by atoms with Gasteiger partial charge in [-0.25, -0.2) is 0 Å². The van der Waals surface area contributed by atoms with Crippen LogP contribution < -0.4 is 5.56 Å². The van der Waals surface area contributed by atoms with Crippen LogP contribution in [0.25, 0.3) is 27.2 Å². The van der Waals surface area contributed by atoms with Gasteiger partial charge in [-0.15, -0.1) is 0 Å². The van der Waals surface area contributed by atoms with Crippen LogP contribution in [0.2, 0.25) is 0 Å². The third-order valence-electron chi connectivity index (χ3n) is 4.12. The highest BCUT2D eigenvalue weighted by Gasteiger charge is 2.16. The van der Waals surface area contributed by atoms with E-state index in [-0.39, 0.29) is 16.6 Å². The molecule has 4 aromatic rings. The van der Waals surface area contributed by atoms with Gasteiger partial charge in [-0.3, -0.25) is 19.3 Å². The van der Waals surface area contributed by atoms with E-state index in [0.717, 1.165) is 5.39 Å². The third-order valence-corrected chi connectivity index (χ3v) is 4.12. The number of nitro benzene ring substituents is 1. The van der Waals surface area contributed by atoms with Crippen LogP contribution in [0.1, 0.15) is 5.56 Å². The van der Waals surface area contributed by atoms with Crippen molar-refractivity contribution in [3.05, 3.63) is 80.6 Å². The summed E-state index contributed by atoms with van der Waals surface area (Å²) in [6, 6.07) is 17.0. The molecule has 0 spiro atoms. The number of rotatable bonds is 1. The van der Waals surface area contributed by atoms with Gasteiger partial charge in [-0.05, 0) is 23.6 Å². The second-order valence-corrected chi connectivity index (χ2v) is 5.39. The highest BCUT2D eigenvalue weighted by molar-refractivity contribution is 5.96. The van der Waals surface area contributed by atoms with Gasteiger partial charge in [-0.1, -0.05) is 24.3 Å². The second kappa shape index (κ2) is 4.89. The van der Waals surface area contributed by atoms with Crippen LogP contribution in [0, 0.1) is 21.4 Å². The molecule has 114 valence electrons. The summed E-state index contributed by atoms with van der Waals surface area (Å²) in [5, 5.41) is 22.0. The fourth-order valence-corrected chi connectivity index (χ4v) is 3.04. The molecule has 0 amide bonds. The molecule has 2 aromatic carbocycles. The summed E-state index contributed by atoms with van der Waals surface area (Å²) in [5.41, 5.74) is 0.917. The maximum atomic E-state index is 13.0. The fourth-order valence-electron chi connectivity index (χ4n) is 3.04. The van der Waals surface area contributed by atoms with Crippen molar-refractivity contribution in [2.24, 2.45) is 0 Å². The van der Waals surface area contributed by atoms with E-state index >= 15 is 0 Å². The molecule has 2 heterocycles. The zero-order chi connectivity index (χ0) is 16.8. The summed E-state index contributed by atoms with van der Waals surface area (Å²) in [4.78, 5) is 23.4. The number of nitrogens with zero attached hydrogens (tertiary/aromatic N) is 3. The SMILES string of the molecule is N#Cc1c2ccc([N+](=O)[O-])cc2c(=O)n2c1ccc1ccccc12. The monoisotopic (exact) mass is 315 g/mol. The first-order chi connectivity index (χ1) is 11.6. The number of pyridine rings is 2. The van der Waals surface area contributed by atoms with Crippen LogP contribution in [-0.2, 0) is 0 Å². The lowest BCUT2D eigenvalue weighted by Gasteiger charge is -2.10. The van der Waals surface area contributed by atoms with Gasteiger partial charge in [-0.2, -0.15) is 5.26 Å². The Morgan fingerprint density at radius 2 is 1.79 bits per heavy atom. The first-order valence-corrected chi connectivity index (χ1v) is 7.16. The minimum absolute atomic E-state index is 0.162. The summed E-state index contributed by atoms with van der Waals surface area (Å²) < 4.78 is 1.44. The van der Waals surface area contributed by atoms with Crippen LogP contribution >= 0.6 is 0 Å². The van der Waals surface area contributed by atoms with Crippen LogP contribution in [0.5, 0.6) is 0 Å². The highest BCUT2D eigenvalue weighted by atomic mass is 16.6. The number of para-hydroxylation sites is 1. The van der Waals surface area contributed by atoms with Gasteiger partial charge < -0.3 is 0 Å². The first kappa shape index (κ1) is 13.9. The van der Waals surface area contributed by atoms with E-state index in [1.807, 2.05) is 18.2 Å². The first-order valence-electron chi connectivity index (χ1n) is 7.16. The predicted octanol–water partition coefficient (Wildman–Crippen LogP) is 3.39. The maximum absolute atomic E-state index is 13.0. The third kappa shape index (κ3) is 1.79. The zero-order valence-electron chi connectivity index (χ0n) is 12.3. The van der Waals surface area contributed by atoms with Crippen molar-refractivity contribution in [3.8, 4) is 6.07 Å². The molecule has 0 N–H and O–H groups in total. The van der Waals surface area contributed by atoms with Gasteiger partial charge in [0.05, 0.1) is 26.9 Å². The number of benzene rings is 2. The summed E-state index contributed by atoms with van der Waals surface area (Å²) in [6.45, 7) is 0. The van der Waals surface area contributed by atoms with Crippen molar-refractivity contribution < 1.29 is 4.92 Å². The summed E-state index contributed by atoms with van der Waals surface area (Å²) in [6.07, 6.45) is 0. The Balaban J connectivity index is 2.34. The van der Waals surface area contributed by atoms with E-state index in [1.54, 1.807) is 18.2 Å². The maximum Gasteiger partial charge on any atom is 0.270 e. The Kier molecular flexibility index (Phi) is 2.84. The Morgan fingerprint density at radius 1 is 1.00 bits per heavy atom. The average Bonchev–Trinajstić information content (AvgIpc) is 2.61. The summed E-state index contributed by atoms with van der Waals surface area (Å²) in [5.74, 6) is 0. The lowest BCUT2D eigenvalue weighted by Crippen LogP contribution is -2.16. The Morgan fingerprint density at radius 3 is 2.54 bits per heavy atom. The molecule has 0 saturated carbocycles. The van der Waals surface area contributed by atoms with Crippen LogP contribution in [0.15, 0.2) is 59.4 Å². The standard InChI is InChI=1S/C18H9N3O3/c19-10-15-13-7-6-12(21(23)24)9-14(13)18(22)20-16-4-2-1-3-11(16)5-8-17(15)20/h1-9H. The van der Waals surface area contributed by atoms with Gasteiger partial charge in [0, 0.05) is 17.5 Å². The molecule has 0 aliphatic rings. The van der Waals surface area contributed by atoms with Crippen LogP contribution in [0.4, 0.5) is 5.69 Å². The average molecular weight is 315 g/mol. The number of nitriles is 1. The van der Waals surface area contributed by atoms with E-state index in [4.69, 9.17) is 0 Å². The van der Waals surface area contributed by atoms with Crippen molar-refractivity contribution in [3.63, 3.8) is 0 Å². The molecule has 0 bridgehead atoms. The van der Waals surface area contributed by atoms with E-state index in [9.17, 15) is 20.2 Å². The zero-order valence-corrected chi connectivity index (χ0v) is 12.3. The van der Waals surface area contributed by atoms with Gasteiger partial charge >= 0.3 is 0 Å². The molecule has 6 nitrogen and oxygen atoms in total. The quantitative estimate of drug-likeness (QED) is 0.233. The molecular formula is C18H9N3O3. The number of hydrogen-bond donors (Lipinski definition) is 0. The molecule has 0 fully saturated rings. The van der Waals surface area contributed by atoms with E-state index in [0.29, 0.717) is 22.0 Å². The Labute approximate surface area is 134 Å². The molecule has 6 heteroatoms. The van der Waals surface area contributed by atoms with Crippen molar-refractivity contribution in [2.45, 2.75) is 0 Å². The normalized spacial score (nSPS) is 11.0. The molecule has 0 radical (unpaired) electrons. The second-order valence-electron chi connectivity index (χ2n) is 5.39. The topological polar surface area (TPSA) is 88.4 Å². The molecule has 0 unspecified atom stereocenters. The smallest absolute Gasteiger partial charge is 0.270 e. The Bertz CT molecular complexity index is 1270. The van der Waals surface area contributed by atoms with Crippen LogP contribution in [-0.4, -0.2) is 9.32 Å². The van der Waals surface area contributed by atoms with Gasteiger partial charge in [0.2, 0.25) is 0 Å². The van der Waals surface area contributed by atoms with Gasteiger partial charge in [0.25, 0.3) is 11.2 Å². The number of nitro groups is 1. The lowest BCUT2D eigenvalue weighted by molar-refractivity contribution is -0.384. The number of fused-ring (bicyclic) bond motifs is 4. The molecule has 4 rings (SSSR count). The Hall–Kier alpha value is -3.72. The van der Waals surface area contributed by atoms with Crippen LogP contribution in [0.3, 0.4) is 0 Å². The molecule has 0 aliphatic carbocycles. The summed E-state index contributed by atoms with van der Waals surface area (Å²) in [7, 11) is 0. The molecule has 0 atom stereocenters. The van der Waals surface area contributed by atoms with Gasteiger partial charge in [0.15, 0.2) is 0 Å². The van der Waals surface area contributed by atoms with E-state index < -0.39 is 4.92 Å². The minimum Gasteiger partial charge on any atom is -0.275 e. The largest absolute Gasteiger partial charge is 0.275 e. The fraction of sp³-hybridized carbons (Fsp3) is 0. The molecule has 24 heavy (non-hydrogen) atoms. The lowest BCUT2D eigenvalue weighted by atomic mass is 10.0. The van der Waals surface area contributed by atoms with E-state index in [2.05, 4.69) is 6.07 Å². The molecule has 0 saturated heterocycles. The molecular weight excluding hydrogens is 306 g/mol. The molecule has 2 aromatic heterocycles. The van der Waals surface area contributed by atoms with Crippen molar-refractivity contribution in [2.75, 3.05) is 0 Å². The number of aromatic nitrogens is 1. The van der Waals surface area contributed by atoms with E-state index in [1.165, 1.54) is 22.6 Å². The predicted molar refractivity (Wildman–Crippen MR) is 90.0 cm³/mol. The number of non-ortho nitro benzene ring substituents is 1. The molecule has 0 aliphatic heterocycles. The van der Waals surface area contributed by atoms with Crippen molar-refractivity contribution >= 4 is 32.9 Å². The van der Waals surface area contributed by atoms with Crippen molar-refractivity contribution in [1.82, 2.24) is 4.40 Å². The number of hydrogen-bond acceptors (Lipinski definition) is 4. The van der Waals surface area contributed by atoms with Crippen molar-refractivity contribution in [1.29, 1.82) is 5.26 Å². The highest BCUT2D eigenvalue weighted by Crippen LogP contribution is 2.26.